The van der Waals surface area contributed by atoms with Crippen LogP contribution in [0.3, 0.4) is 0 Å². The molecule has 1 aliphatic rings. The highest BCUT2D eigenvalue weighted by Gasteiger charge is 2.35. The molecule has 1 heterocycles. The van der Waals surface area contributed by atoms with Crippen LogP contribution in [-0.2, 0) is 4.79 Å². The molecule has 0 radical (unpaired) electrons. The Kier molecular flexibility index (Phi) is 5.93. The van der Waals surface area contributed by atoms with Crippen LogP contribution in [0.4, 0.5) is 0 Å². The average molecular weight is 382 g/mol. The number of carbonyl (C=O) groups is 3. The van der Waals surface area contributed by atoms with E-state index in [1.807, 2.05) is 6.92 Å². The van der Waals surface area contributed by atoms with Gasteiger partial charge >= 0.3 is 0 Å². The summed E-state index contributed by atoms with van der Waals surface area (Å²) in [5.74, 6) is 0.474. The lowest BCUT2D eigenvalue weighted by atomic mass is 10.1. The third kappa shape index (κ3) is 4.31. The van der Waals surface area contributed by atoms with Crippen molar-refractivity contribution in [2.24, 2.45) is 0 Å². The molecule has 0 saturated carbocycles. The van der Waals surface area contributed by atoms with Crippen LogP contribution in [0.5, 0.6) is 11.5 Å². The fourth-order valence-electron chi connectivity index (χ4n) is 2.94. The molecule has 1 aliphatic heterocycles. The van der Waals surface area contributed by atoms with Gasteiger partial charge in [0.05, 0.1) is 24.8 Å². The van der Waals surface area contributed by atoms with Crippen molar-refractivity contribution in [2.45, 2.75) is 13.3 Å². The minimum absolute atomic E-state index is 0.0486. The maximum atomic E-state index is 12.4. The highest BCUT2D eigenvalue weighted by molar-refractivity contribution is 6.21. The van der Waals surface area contributed by atoms with Gasteiger partial charge in [0, 0.05) is 13.0 Å². The van der Waals surface area contributed by atoms with E-state index in [0.717, 1.165) is 16.2 Å². The number of nitrogens with one attached hydrogen (secondary N) is 1. The van der Waals surface area contributed by atoms with Gasteiger partial charge in [-0.1, -0.05) is 11.6 Å². The summed E-state index contributed by atoms with van der Waals surface area (Å²) in [7, 11) is 1.59. The van der Waals surface area contributed by atoms with Gasteiger partial charge < -0.3 is 14.8 Å². The molecule has 28 heavy (non-hydrogen) atoms. The van der Waals surface area contributed by atoms with E-state index in [4.69, 9.17) is 9.47 Å². The summed E-state index contributed by atoms with van der Waals surface area (Å²) in [6.45, 7) is 2.55. The number of ether oxygens (including phenoxy) is 2. The van der Waals surface area contributed by atoms with Crippen LogP contribution in [0, 0.1) is 6.92 Å². The van der Waals surface area contributed by atoms with Gasteiger partial charge in [-0.2, -0.15) is 0 Å². The number of imide groups is 1. The minimum atomic E-state index is -0.351. The number of rotatable bonds is 8. The Morgan fingerprint density at radius 3 is 2.39 bits per heavy atom. The maximum absolute atomic E-state index is 12.4. The lowest BCUT2D eigenvalue weighted by molar-refractivity contribution is -0.121. The quantitative estimate of drug-likeness (QED) is 0.559. The predicted octanol–water partition coefficient (Wildman–Crippen LogP) is 2.18. The Labute approximate surface area is 163 Å². The van der Waals surface area contributed by atoms with E-state index in [0.29, 0.717) is 30.0 Å². The van der Waals surface area contributed by atoms with Crippen LogP contribution >= 0.6 is 0 Å². The topological polar surface area (TPSA) is 84.9 Å². The number of fused-ring (bicyclic) bond motifs is 1. The van der Waals surface area contributed by atoms with Crippen LogP contribution in [-0.4, -0.2) is 49.4 Å². The highest BCUT2D eigenvalue weighted by Crippen LogP contribution is 2.24. The third-order valence-electron chi connectivity index (χ3n) is 4.44. The summed E-state index contributed by atoms with van der Waals surface area (Å²) in [5, 5.41) is 2.72. The fourth-order valence-corrected chi connectivity index (χ4v) is 2.94. The van der Waals surface area contributed by atoms with Crippen molar-refractivity contribution in [1.82, 2.24) is 10.2 Å². The number of benzene rings is 2. The Bertz CT molecular complexity index is 892. The summed E-state index contributed by atoms with van der Waals surface area (Å²) >= 11 is 0. The second-order valence-corrected chi connectivity index (χ2v) is 6.43. The first-order chi connectivity index (χ1) is 13.5. The summed E-state index contributed by atoms with van der Waals surface area (Å²) in [6, 6.07) is 12.3. The minimum Gasteiger partial charge on any atom is -0.497 e. The second kappa shape index (κ2) is 8.56. The highest BCUT2D eigenvalue weighted by atomic mass is 16.5. The van der Waals surface area contributed by atoms with Gasteiger partial charge in [-0.3, -0.25) is 19.3 Å². The summed E-state index contributed by atoms with van der Waals surface area (Å²) in [6.07, 6.45) is 0.0486. The Morgan fingerprint density at radius 1 is 1.00 bits per heavy atom. The Hall–Kier alpha value is -3.35. The Morgan fingerprint density at radius 2 is 1.68 bits per heavy atom. The normalized spacial score (nSPS) is 12.7. The van der Waals surface area contributed by atoms with Gasteiger partial charge in [0.2, 0.25) is 5.91 Å². The van der Waals surface area contributed by atoms with E-state index in [-0.39, 0.29) is 30.7 Å². The van der Waals surface area contributed by atoms with Crippen molar-refractivity contribution in [1.29, 1.82) is 0 Å². The van der Waals surface area contributed by atoms with Crippen molar-refractivity contribution in [3.8, 4) is 11.5 Å². The molecule has 0 unspecified atom stereocenters. The third-order valence-corrected chi connectivity index (χ3v) is 4.44. The standard InChI is InChI=1S/C21H22N2O5/c1-14-3-8-17-18(13-14)21(26)23(20(17)25)11-9-19(24)22-10-12-28-16-6-4-15(27-2)5-7-16/h3-8,13H,9-12H2,1-2H3,(H,22,24). The van der Waals surface area contributed by atoms with E-state index >= 15 is 0 Å². The van der Waals surface area contributed by atoms with Gasteiger partial charge in [-0.15, -0.1) is 0 Å². The Balaban J connectivity index is 1.41. The molecule has 7 heteroatoms. The first-order valence-electron chi connectivity index (χ1n) is 9.00. The number of carbonyl (C=O) groups excluding carboxylic acids is 3. The van der Waals surface area contributed by atoms with E-state index in [1.165, 1.54) is 0 Å². The van der Waals surface area contributed by atoms with Crippen molar-refractivity contribution in [3.63, 3.8) is 0 Å². The molecular weight excluding hydrogens is 360 g/mol. The molecule has 0 spiro atoms. The van der Waals surface area contributed by atoms with E-state index in [1.54, 1.807) is 49.6 Å². The van der Waals surface area contributed by atoms with Gasteiger partial charge in [0.25, 0.3) is 11.8 Å². The molecular formula is C21H22N2O5. The van der Waals surface area contributed by atoms with Gasteiger partial charge in [-0.25, -0.2) is 0 Å². The fraction of sp³-hybridized carbons (Fsp3) is 0.286. The van der Waals surface area contributed by atoms with Crippen molar-refractivity contribution in [3.05, 3.63) is 59.2 Å². The van der Waals surface area contributed by atoms with Crippen molar-refractivity contribution < 1.29 is 23.9 Å². The molecule has 7 nitrogen and oxygen atoms in total. The molecule has 1 N–H and O–H groups in total. The molecule has 0 aromatic heterocycles. The van der Waals surface area contributed by atoms with Crippen LogP contribution in [0.15, 0.2) is 42.5 Å². The maximum Gasteiger partial charge on any atom is 0.261 e. The molecule has 0 aliphatic carbocycles. The molecule has 2 aromatic rings. The van der Waals surface area contributed by atoms with Crippen molar-refractivity contribution >= 4 is 17.7 Å². The van der Waals surface area contributed by atoms with E-state index < -0.39 is 0 Å². The molecule has 0 fully saturated rings. The summed E-state index contributed by atoms with van der Waals surface area (Å²) < 4.78 is 10.6. The van der Waals surface area contributed by atoms with Crippen molar-refractivity contribution in [2.75, 3.05) is 26.8 Å². The summed E-state index contributed by atoms with van der Waals surface area (Å²) in [4.78, 5) is 37.8. The predicted molar refractivity (Wildman–Crippen MR) is 103 cm³/mol. The second-order valence-electron chi connectivity index (χ2n) is 6.43. The zero-order valence-electron chi connectivity index (χ0n) is 15.9. The molecule has 2 aromatic carbocycles. The van der Waals surface area contributed by atoms with Crippen LogP contribution < -0.4 is 14.8 Å². The van der Waals surface area contributed by atoms with Gasteiger partial charge in [0.1, 0.15) is 18.1 Å². The van der Waals surface area contributed by atoms with E-state index in [2.05, 4.69) is 5.32 Å². The molecule has 146 valence electrons. The number of methoxy groups -OCH3 is 1. The zero-order chi connectivity index (χ0) is 20.1. The first-order valence-corrected chi connectivity index (χ1v) is 9.00. The first kappa shape index (κ1) is 19.4. The smallest absolute Gasteiger partial charge is 0.261 e. The monoisotopic (exact) mass is 382 g/mol. The number of amides is 3. The molecule has 3 rings (SSSR count). The summed E-state index contributed by atoms with van der Waals surface area (Å²) in [5.41, 5.74) is 1.71. The number of hydrogen-bond donors (Lipinski definition) is 1. The van der Waals surface area contributed by atoms with Crippen LogP contribution in [0.25, 0.3) is 0 Å². The molecule has 0 saturated heterocycles. The average Bonchev–Trinajstić information content (AvgIpc) is 2.93. The zero-order valence-corrected chi connectivity index (χ0v) is 15.9. The molecule has 3 amide bonds. The largest absolute Gasteiger partial charge is 0.497 e. The van der Waals surface area contributed by atoms with Gasteiger partial charge in [0.15, 0.2) is 0 Å². The molecule has 0 atom stereocenters. The van der Waals surface area contributed by atoms with Crippen LogP contribution in [0.2, 0.25) is 0 Å². The lowest BCUT2D eigenvalue weighted by Crippen LogP contribution is -2.35. The van der Waals surface area contributed by atoms with Gasteiger partial charge in [-0.05, 0) is 43.3 Å². The molecule has 0 bridgehead atoms. The number of hydrogen-bond acceptors (Lipinski definition) is 5. The van der Waals surface area contributed by atoms with E-state index in [9.17, 15) is 14.4 Å². The lowest BCUT2D eigenvalue weighted by Gasteiger charge is -2.13. The van der Waals surface area contributed by atoms with Crippen LogP contribution in [0.1, 0.15) is 32.7 Å². The number of nitrogens with zero attached hydrogens (tertiary/aromatic N) is 1. The number of aryl methyl sites for hydroxylation is 1. The SMILES string of the molecule is COc1ccc(OCCNC(=O)CCN2C(=O)c3ccc(C)cc3C2=O)cc1.